The van der Waals surface area contributed by atoms with Crippen LogP contribution >= 0.6 is 0 Å². The monoisotopic (exact) mass is 527 g/mol. The molecule has 0 spiro atoms. The number of amidine groups is 1. The number of methoxy groups -OCH3 is 1. The molecule has 5 aromatic rings. The summed E-state index contributed by atoms with van der Waals surface area (Å²) in [5.74, 6) is 3.47. The number of nitrogens with zero attached hydrogens (tertiary/aromatic N) is 4. The SMILES string of the molecule is COc1ccc2c(c1)CN(c1ccccc1)C(c1ccc(CN3CCC(c4nc5ccccc5[nH]4)CC3)cc1)=N2. The van der Waals surface area contributed by atoms with Crippen molar-refractivity contribution in [3.05, 3.63) is 120 Å². The number of anilines is 1. The molecular weight excluding hydrogens is 494 g/mol. The van der Waals surface area contributed by atoms with E-state index in [1.54, 1.807) is 7.11 Å². The van der Waals surface area contributed by atoms with E-state index in [0.717, 1.165) is 90.0 Å². The molecule has 0 bridgehead atoms. The summed E-state index contributed by atoms with van der Waals surface area (Å²) in [5, 5.41) is 0. The van der Waals surface area contributed by atoms with Crippen LogP contribution in [0.1, 0.15) is 41.3 Å². The maximum Gasteiger partial charge on any atom is 0.141 e. The van der Waals surface area contributed by atoms with Gasteiger partial charge in [-0.05, 0) is 74.0 Å². The highest BCUT2D eigenvalue weighted by Crippen LogP contribution is 2.34. The Bertz CT molecular complexity index is 1620. The Hall–Kier alpha value is -4.42. The van der Waals surface area contributed by atoms with Gasteiger partial charge in [0.1, 0.15) is 17.4 Å². The topological polar surface area (TPSA) is 56.8 Å². The smallest absolute Gasteiger partial charge is 0.141 e. The van der Waals surface area contributed by atoms with Crippen molar-refractivity contribution in [1.82, 2.24) is 14.9 Å². The number of aliphatic imine (C=N–C) groups is 1. The van der Waals surface area contributed by atoms with E-state index in [1.165, 1.54) is 5.56 Å². The molecule has 1 aromatic heterocycles. The zero-order valence-electron chi connectivity index (χ0n) is 22.8. The molecule has 1 N–H and O–H groups in total. The Kier molecular flexibility index (Phi) is 6.54. The highest BCUT2D eigenvalue weighted by Gasteiger charge is 2.25. The van der Waals surface area contributed by atoms with Crippen molar-refractivity contribution in [2.45, 2.75) is 31.8 Å². The van der Waals surface area contributed by atoms with E-state index in [0.29, 0.717) is 5.92 Å². The highest BCUT2D eigenvalue weighted by atomic mass is 16.5. The first-order valence-corrected chi connectivity index (χ1v) is 14.1. The number of ether oxygens (including phenoxy) is 1. The zero-order valence-corrected chi connectivity index (χ0v) is 22.8. The van der Waals surface area contributed by atoms with Crippen molar-refractivity contribution in [2.75, 3.05) is 25.1 Å². The maximum atomic E-state index is 5.47. The summed E-state index contributed by atoms with van der Waals surface area (Å²) in [6.07, 6.45) is 2.26. The van der Waals surface area contributed by atoms with Crippen molar-refractivity contribution >= 4 is 28.2 Å². The van der Waals surface area contributed by atoms with Crippen molar-refractivity contribution in [3.8, 4) is 5.75 Å². The molecule has 0 unspecified atom stereocenters. The molecule has 2 aliphatic rings. The van der Waals surface area contributed by atoms with E-state index >= 15 is 0 Å². The lowest BCUT2D eigenvalue weighted by molar-refractivity contribution is 0.202. The van der Waals surface area contributed by atoms with E-state index < -0.39 is 0 Å². The van der Waals surface area contributed by atoms with Gasteiger partial charge in [0.2, 0.25) is 0 Å². The van der Waals surface area contributed by atoms with Gasteiger partial charge in [-0.1, -0.05) is 54.6 Å². The molecule has 7 rings (SSSR count). The number of fused-ring (bicyclic) bond motifs is 2. The number of rotatable bonds is 6. The first-order chi connectivity index (χ1) is 19.7. The number of nitrogens with one attached hydrogen (secondary N) is 1. The second kappa shape index (κ2) is 10.6. The largest absolute Gasteiger partial charge is 0.497 e. The standard InChI is InChI=1S/C34H33N5O/c1-40-29-15-16-30-27(21-29)23-39(28-7-3-2-4-8-28)34(37-30)26-13-11-24(12-14-26)22-38-19-17-25(18-20-38)33-35-31-9-5-6-10-32(31)36-33/h2-16,21,25H,17-20,22-23H2,1H3,(H,35,36). The predicted molar refractivity (Wildman–Crippen MR) is 162 cm³/mol. The Morgan fingerprint density at radius 3 is 2.42 bits per heavy atom. The lowest BCUT2D eigenvalue weighted by atomic mass is 9.95. The summed E-state index contributed by atoms with van der Waals surface area (Å²) >= 11 is 0. The van der Waals surface area contributed by atoms with Crippen LogP contribution < -0.4 is 9.64 Å². The van der Waals surface area contributed by atoms with Crippen LogP contribution in [0.4, 0.5) is 11.4 Å². The van der Waals surface area contributed by atoms with Crippen LogP contribution in [0.3, 0.4) is 0 Å². The number of imidazole rings is 1. The van der Waals surface area contributed by atoms with Gasteiger partial charge < -0.3 is 14.6 Å². The van der Waals surface area contributed by atoms with Crippen LogP contribution in [-0.2, 0) is 13.1 Å². The van der Waals surface area contributed by atoms with Crippen molar-refractivity contribution < 1.29 is 4.74 Å². The number of aromatic amines is 1. The lowest BCUT2D eigenvalue weighted by Gasteiger charge is -2.32. The van der Waals surface area contributed by atoms with Crippen LogP contribution in [0.2, 0.25) is 0 Å². The Morgan fingerprint density at radius 2 is 1.65 bits per heavy atom. The molecule has 6 heteroatoms. The normalized spacial score (nSPS) is 16.1. The predicted octanol–water partition coefficient (Wildman–Crippen LogP) is 7.05. The maximum absolute atomic E-state index is 5.47. The summed E-state index contributed by atoms with van der Waals surface area (Å²) in [7, 11) is 1.71. The second-order valence-corrected chi connectivity index (χ2v) is 10.7. The second-order valence-electron chi connectivity index (χ2n) is 10.7. The van der Waals surface area contributed by atoms with Gasteiger partial charge in [-0.25, -0.2) is 9.98 Å². The molecule has 0 saturated carbocycles. The average molecular weight is 528 g/mol. The highest BCUT2D eigenvalue weighted by molar-refractivity contribution is 6.12. The fourth-order valence-corrected chi connectivity index (χ4v) is 5.93. The molecular formula is C34H33N5O. The molecule has 0 atom stereocenters. The van der Waals surface area contributed by atoms with Crippen LogP contribution in [0.5, 0.6) is 5.75 Å². The van der Waals surface area contributed by atoms with Gasteiger partial charge in [0.25, 0.3) is 0 Å². The van der Waals surface area contributed by atoms with Crippen molar-refractivity contribution in [2.24, 2.45) is 4.99 Å². The quantitative estimate of drug-likeness (QED) is 0.257. The van der Waals surface area contributed by atoms with Gasteiger partial charge in [-0.3, -0.25) is 4.90 Å². The van der Waals surface area contributed by atoms with Gasteiger partial charge in [-0.2, -0.15) is 0 Å². The first kappa shape index (κ1) is 24.6. The van der Waals surface area contributed by atoms with Gasteiger partial charge >= 0.3 is 0 Å². The van der Waals surface area contributed by atoms with E-state index in [-0.39, 0.29) is 0 Å². The fraction of sp³-hybridized carbons (Fsp3) is 0.235. The number of aromatic nitrogens is 2. The van der Waals surface area contributed by atoms with Crippen LogP contribution in [0.15, 0.2) is 102 Å². The molecule has 200 valence electrons. The third-order valence-corrected chi connectivity index (χ3v) is 8.17. The number of H-pyrrole nitrogens is 1. The number of hydrogen-bond donors (Lipinski definition) is 1. The summed E-state index contributed by atoms with van der Waals surface area (Å²) < 4.78 is 5.47. The van der Waals surface area contributed by atoms with Gasteiger partial charge in [-0.15, -0.1) is 0 Å². The minimum absolute atomic E-state index is 0.502. The van der Waals surface area contributed by atoms with Gasteiger partial charge in [0.15, 0.2) is 0 Å². The Labute approximate surface area is 235 Å². The number of likely N-dealkylation sites (tertiary alicyclic amines) is 1. The molecule has 0 amide bonds. The molecule has 6 nitrogen and oxygen atoms in total. The molecule has 3 heterocycles. The number of piperidine rings is 1. The summed E-state index contributed by atoms with van der Waals surface area (Å²) in [5.41, 5.74) is 7.95. The Morgan fingerprint density at radius 1 is 0.875 bits per heavy atom. The van der Waals surface area contributed by atoms with Gasteiger partial charge in [0, 0.05) is 29.3 Å². The molecule has 0 radical (unpaired) electrons. The van der Waals surface area contributed by atoms with Crippen molar-refractivity contribution in [3.63, 3.8) is 0 Å². The number of para-hydroxylation sites is 3. The first-order valence-electron chi connectivity index (χ1n) is 14.1. The number of benzene rings is 4. The molecule has 0 aliphatic carbocycles. The third kappa shape index (κ3) is 4.87. The van der Waals surface area contributed by atoms with Gasteiger partial charge in [0.05, 0.1) is 30.4 Å². The number of hydrogen-bond acceptors (Lipinski definition) is 5. The van der Waals surface area contributed by atoms with Crippen LogP contribution in [-0.4, -0.2) is 40.9 Å². The van der Waals surface area contributed by atoms with E-state index in [1.807, 2.05) is 6.07 Å². The molecule has 40 heavy (non-hydrogen) atoms. The fourth-order valence-electron chi connectivity index (χ4n) is 5.93. The van der Waals surface area contributed by atoms with E-state index in [2.05, 4.69) is 106 Å². The molecule has 1 saturated heterocycles. The summed E-state index contributed by atoms with van der Waals surface area (Å²) in [4.78, 5) is 18.4. The summed E-state index contributed by atoms with van der Waals surface area (Å²) in [6.45, 7) is 3.87. The van der Waals surface area contributed by atoms with Crippen LogP contribution in [0.25, 0.3) is 11.0 Å². The Balaban J connectivity index is 1.06. The third-order valence-electron chi connectivity index (χ3n) is 8.17. The van der Waals surface area contributed by atoms with Crippen LogP contribution in [0, 0.1) is 0 Å². The minimum atomic E-state index is 0.502. The molecule has 1 fully saturated rings. The molecule has 4 aromatic carbocycles. The average Bonchev–Trinajstić information content (AvgIpc) is 3.46. The summed E-state index contributed by atoms with van der Waals surface area (Å²) in [6, 6.07) is 33.9. The zero-order chi connectivity index (χ0) is 26.9. The van der Waals surface area contributed by atoms with E-state index in [9.17, 15) is 0 Å². The minimum Gasteiger partial charge on any atom is -0.497 e. The van der Waals surface area contributed by atoms with Crippen molar-refractivity contribution in [1.29, 1.82) is 0 Å². The molecule has 2 aliphatic heterocycles. The van der Waals surface area contributed by atoms with E-state index in [4.69, 9.17) is 14.7 Å². The lowest BCUT2D eigenvalue weighted by Crippen LogP contribution is -2.34.